The molecule has 1 fully saturated rings. The molecule has 6 nitrogen and oxygen atoms in total. The lowest BCUT2D eigenvalue weighted by Crippen LogP contribution is -2.32. The lowest BCUT2D eigenvalue weighted by molar-refractivity contribution is 0.341. The van der Waals surface area contributed by atoms with Crippen molar-refractivity contribution >= 4 is 17.1 Å². The third-order valence-electron chi connectivity index (χ3n) is 6.15. The molecule has 1 atom stereocenters. The second-order valence-corrected chi connectivity index (χ2v) is 8.58. The molecule has 0 spiro atoms. The summed E-state index contributed by atoms with van der Waals surface area (Å²) in [4.78, 5) is 14.1. The summed E-state index contributed by atoms with van der Waals surface area (Å²) in [5.41, 5.74) is 4.34. The van der Waals surface area contributed by atoms with E-state index >= 15 is 0 Å². The Morgan fingerprint density at radius 2 is 2.00 bits per heavy atom. The van der Waals surface area contributed by atoms with Gasteiger partial charge in [-0.25, -0.2) is 18.7 Å². The Morgan fingerprint density at radius 3 is 2.79 bits per heavy atom. The predicted molar refractivity (Wildman–Crippen MR) is 125 cm³/mol. The van der Waals surface area contributed by atoms with Gasteiger partial charge < -0.3 is 15.2 Å². The maximum atomic E-state index is 13.5. The van der Waals surface area contributed by atoms with Crippen LogP contribution in [0.2, 0.25) is 0 Å². The van der Waals surface area contributed by atoms with E-state index in [9.17, 15) is 8.78 Å². The number of fused-ring (bicyclic) bond motifs is 1. The van der Waals surface area contributed by atoms with Crippen LogP contribution in [0.3, 0.4) is 0 Å². The normalized spacial score (nSPS) is 16.3. The molecule has 33 heavy (non-hydrogen) atoms. The first-order chi connectivity index (χ1) is 16.1. The van der Waals surface area contributed by atoms with Gasteiger partial charge >= 0.3 is 0 Å². The van der Waals surface area contributed by atoms with Gasteiger partial charge in [-0.2, -0.15) is 4.98 Å². The van der Waals surface area contributed by atoms with Crippen molar-refractivity contribution in [3.8, 4) is 11.4 Å². The zero-order valence-electron chi connectivity index (χ0n) is 18.5. The highest BCUT2D eigenvalue weighted by Gasteiger charge is 2.21. The average Bonchev–Trinajstić information content (AvgIpc) is 3.18. The second kappa shape index (κ2) is 9.23. The summed E-state index contributed by atoms with van der Waals surface area (Å²) >= 11 is 0. The van der Waals surface area contributed by atoms with Crippen molar-refractivity contribution in [2.24, 2.45) is 5.92 Å². The van der Waals surface area contributed by atoms with Crippen molar-refractivity contribution in [2.45, 2.75) is 32.9 Å². The van der Waals surface area contributed by atoms with E-state index in [0.29, 0.717) is 17.4 Å². The molecule has 5 rings (SSSR count). The van der Waals surface area contributed by atoms with Crippen LogP contribution in [0.5, 0.6) is 0 Å². The smallest absolute Gasteiger partial charge is 0.225 e. The molecular formula is C25H26F2N6. The molecule has 1 saturated heterocycles. The Balaban J connectivity index is 1.50. The van der Waals surface area contributed by atoms with Crippen LogP contribution < -0.4 is 10.6 Å². The Bertz CT molecular complexity index is 1280. The summed E-state index contributed by atoms with van der Waals surface area (Å²) in [6.45, 7) is 5.22. The summed E-state index contributed by atoms with van der Waals surface area (Å²) in [5, 5.41) is 6.61. The fourth-order valence-electron chi connectivity index (χ4n) is 4.37. The summed E-state index contributed by atoms with van der Waals surface area (Å²) in [6, 6.07) is 12.1. The fourth-order valence-corrected chi connectivity index (χ4v) is 4.37. The summed E-state index contributed by atoms with van der Waals surface area (Å²) < 4.78 is 28.9. The SMILES string of the molecule is Cc1ccccc1-c1nc2cnc(NCc3ccc(F)c(F)c3)nc2n1C[C@@H]1CCCNC1. The van der Waals surface area contributed by atoms with E-state index in [1.165, 1.54) is 6.07 Å². The molecule has 3 heterocycles. The van der Waals surface area contributed by atoms with Gasteiger partial charge in [-0.15, -0.1) is 0 Å². The highest BCUT2D eigenvalue weighted by molar-refractivity contribution is 5.78. The maximum absolute atomic E-state index is 13.5. The number of hydrogen-bond donors (Lipinski definition) is 2. The Hall–Kier alpha value is -3.39. The molecule has 0 amide bonds. The molecule has 1 aliphatic heterocycles. The van der Waals surface area contributed by atoms with Crippen LogP contribution >= 0.6 is 0 Å². The number of imidazole rings is 1. The maximum Gasteiger partial charge on any atom is 0.225 e. The Labute approximate surface area is 191 Å². The highest BCUT2D eigenvalue weighted by Crippen LogP contribution is 2.28. The van der Waals surface area contributed by atoms with E-state index in [0.717, 1.165) is 66.7 Å². The molecule has 2 aromatic heterocycles. The number of piperidine rings is 1. The van der Waals surface area contributed by atoms with E-state index in [1.807, 2.05) is 12.1 Å². The standard InChI is InChI=1S/C25H26F2N6/c1-16-5-2-3-7-19(16)23-31-22-14-30-25(29-13-17-8-9-20(26)21(27)11-17)32-24(22)33(23)15-18-6-4-10-28-12-18/h2-3,5,7-9,11,14,18,28H,4,6,10,12-13,15H2,1H3,(H,29,30,32)/t18-/m1/s1. The molecule has 4 aromatic rings. The van der Waals surface area contributed by atoms with Crippen LogP contribution in [-0.2, 0) is 13.1 Å². The van der Waals surface area contributed by atoms with Gasteiger partial charge in [0.1, 0.15) is 11.3 Å². The molecule has 0 aliphatic carbocycles. The monoisotopic (exact) mass is 448 g/mol. The van der Waals surface area contributed by atoms with E-state index in [4.69, 9.17) is 9.97 Å². The molecule has 0 radical (unpaired) electrons. The quantitative estimate of drug-likeness (QED) is 0.448. The van der Waals surface area contributed by atoms with Crippen LogP contribution in [0.15, 0.2) is 48.7 Å². The zero-order valence-corrected chi connectivity index (χ0v) is 18.5. The summed E-state index contributed by atoms with van der Waals surface area (Å²) in [5.74, 6) is 0.0775. The van der Waals surface area contributed by atoms with Crippen LogP contribution in [0.25, 0.3) is 22.6 Å². The van der Waals surface area contributed by atoms with Crippen molar-refractivity contribution in [3.05, 3.63) is 71.4 Å². The minimum Gasteiger partial charge on any atom is -0.350 e. The molecule has 8 heteroatoms. The van der Waals surface area contributed by atoms with Gasteiger partial charge in [0.05, 0.1) is 6.20 Å². The molecule has 2 aromatic carbocycles. The van der Waals surface area contributed by atoms with Crippen molar-refractivity contribution in [1.29, 1.82) is 0 Å². The van der Waals surface area contributed by atoms with Crippen molar-refractivity contribution in [3.63, 3.8) is 0 Å². The number of aromatic nitrogens is 4. The largest absolute Gasteiger partial charge is 0.350 e. The Kier molecular flexibility index (Phi) is 6.00. The highest BCUT2D eigenvalue weighted by atomic mass is 19.2. The van der Waals surface area contributed by atoms with E-state index < -0.39 is 11.6 Å². The van der Waals surface area contributed by atoms with Gasteiger partial charge in [0.25, 0.3) is 0 Å². The van der Waals surface area contributed by atoms with Gasteiger partial charge in [-0.05, 0) is 62.0 Å². The number of halogens is 2. The number of nitrogens with one attached hydrogen (secondary N) is 2. The molecule has 0 bridgehead atoms. The second-order valence-electron chi connectivity index (χ2n) is 8.58. The number of rotatable bonds is 6. The molecule has 170 valence electrons. The fraction of sp³-hybridized carbons (Fsp3) is 0.320. The molecule has 0 saturated carbocycles. The summed E-state index contributed by atoms with van der Waals surface area (Å²) in [6.07, 6.45) is 4.03. The number of hydrogen-bond acceptors (Lipinski definition) is 5. The van der Waals surface area contributed by atoms with E-state index in [-0.39, 0.29) is 6.54 Å². The van der Waals surface area contributed by atoms with Crippen LogP contribution in [0.1, 0.15) is 24.0 Å². The van der Waals surface area contributed by atoms with Crippen LogP contribution in [0.4, 0.5) is 14.7 Å². The van der Waals surface area contributed by atoms with Crippen LogP contribution in [-0.4, -0.2) is 32.6 Å². The van der Waals surface area contributed by atoms with Crippen LogP contribution in [0, 0.1) is 24.5 Å². The topological polar surface area (TPSA) is 67.7 Å². The lowest BCUT2D eigenvalue weighted by atomic mass is 9.99. The van der Waals surface area contributed by atoms with Gasteiger partial charge in [0.2, 0.25) is 5.95 Å². The van der Waals surface area contributed by atoms with Gasteiger partial charge in [0, 0.05) is 18.7 Å². The number of benzene rings is 2. The van der Waals surface area contributed by atoms with Crippen molar-refractivity contribution in [1.82, 2.24) is 24.8 Å². The van der Waals surface area contributed by atoms with Crippen molar-refractivity contribution in [2.75, 3.05) is 18.4 Å². The zero-order chi connectivity index (χ0) is 22.8. The number of nitrogens with zero attached hydrogens (tertiary/aromatic N) is 4. The summed E-state index contributed by atoms with van der Waals surface area (Å²) in [7, 11) is 0. The minimum atomic E-state index is -0.868. The third kappa shape index (κ3) is 4.57. The predicted octanol–water partition coefficient (Wildman–Crippen LogP) is 4.69. The first-order valence-corrected chi connectivity index (χ1v) is 11.3. The lowest BCUT2D eigenvalue weighted by Gasteiger charge is -2.24. The first-order valence-electron chi connectivity index (χ1n) is 11.3. The Morgan fingerprint density at radius 1 is 1.12 bits per heavy atom. The molecule has 1 aliphatic rings. The van der Waals surface area contributed by atoms with Gasteiger partial charge in [-0.3, -0.25) is 0 Å². The third-order valence-corrected chi connectivity index (χ3v) is 6.15. The van der Waals surface area contributed by atoms with E-state index in [2.05, 4.69) is 39.2 Å². The number of anilines is 1. The van der Waals surface area contributed by atoms with Gasteiger partial charge in [0.15, 0.2) is 17.3 Å². The first kappa shape index (κ1) is 21.5. The minimum absolute atomic E-state index is 0.286. The molecular weight excluding hydrogens is 422 g/mol. The van der Waals surface area contributed by atoms with E-state index in [1.54, 1.807) is 12.3 Å². The molecule has 2 N–H and O–H groups in total. The van der Waals surface area contributed by atoms with Gasteiger partial charge in [-0.1, -0.05) is 30.3 Å². The average molecular weight is 449 g/mol. The number of aryl methyl sites for hydroxylation is 1. The molecule has 0 unspecified atom stereocenters. The van der Waals surface area contributed by atoms with Crippen molar-refractivity contribution < 1.29 is 8.78 Å².